The fourth-order valence-electron chi connectivity index (χ4n) is 3.11. The summed E-state index contributed by atoms with van der Waals surface area (Å²) in [4.78, 5) is 17.1. The van der Waals surface area contributed by atoms with Gasteiger partial charge >= 0.3 is 0 Å². The molecule has 0 bridgehead atoms. The van der Waals surface area contributed by atoms with Gasteiger partial charge in [0.05, 0.1) is 0 Å². The summed E-state index contributed by atoms with van der Waals surface area (Å²) in [5, 5.41) is 2.93. The van der Waals surface area contributed by atoms with Crippen LogP contribution < -0.4 is 15.0 Å². The molecule has 3 rings (SSSR count). The fourth-order valence-corrected chi connectivity index (χ4v) is 3.11. The number of piperazine rings is 1. The summed E-state index contributed by atoms with van der Waals surface area (Å²) in [5.41, 5.74) is 4.34. The number of aryl methyl sites for hydroxylation is 2. The summed E-state index contributed by atoms with van der Waals surface area (Å²) in [7, 11) is 2.15. The molecule has 1 heterocycles. The highest BCUT2D eigenvalue weighted by Gasteiger charge is 2.17. The van der Waals surface area contributed by atoms with Gasteiger partial charge in [-0.05, 0) is 75.3 Å². The van der Waals surface area contributed by atoms with E-state index in [0.717, 1.165) is 37.4 Å². The molecule has 2 aromatic rings. The third-order valence-electron chi connectivity index (χ3n) is 5.16. The quantitative estimate of drug-likeness (QED) is 0.879. The van der Waals surface area contributed by atoms with Crippen LogP contribution in [0.25, 0.3) is 0 Å². The second-order valence-corrected chi connectivity index (χ2v) is 7.33. The Hall–Kier alpha value is -2.53. The lowest BCUT2D eigenvalue weighted by atomic mass is 10.1. The normalized spacial score (nSPS) is 16.1. The summed E-state index contributed by atoms with van der Waals surface area (Å²) in [6.07, 6.45) is -0.565. The van der Waals surface area contributed by atoms with Gasteiger partial charge in [-0.25, -0.2) is 0 Å². The van der Waals surface area contributed by atoms with E-state index in [1.165, 1.54) is 11.3 Å². The van der Waals surface area contributed by atoms with Gasteiger partial charge in [0.15, 0.2) is 6.10 Å². The van der Waals surface area contributed by atoms with E-state index in [0.29, 0.717) is 5.75 Å². The van der Waals surface area contributed by atoms with Crippen molar-refractivity contribution in [3.63, 3.8) is 0 Å². The topological polar surface area (TPSA) is 44.8 Å². The number of ether oxygens (including phenoxy) is 1. The van der Waals surface area contributed by atoms with Crippen molar-refractivity contribution >= 4 is 17.3 Å². The largest absolute Gasteiger partial charge is 0.481 e. The van der Waals surface area contributed by atoms with Crippen molar-refractivity contribution in [1.29, 1.82) is 0 Å². The summed E-state index contributed by atoms with van der Waals surface area (Å²) < 4.78 is 5.79. The number of rotatable bonds is 5. The minimum atomic E-state index is -0.565. The van der Waals surface area contributed by atoms with Crippen molar-refractivity contribution in [3.05, 3.63) is 53.6 Å². The van der Waals surface area contributed by atoms with Gasteiger partial charge in [0, 0.05) is 37.6 Å². The first-order valence-electron chi connectivity index (χ1n) is 9.51. The smallest absolute Gasteiger partial charge is 0.265 e. The Bertz CT molecular complexity index is 781. The molecule has 1 fully saturated rings. The Labute approximate surface area is 161 Å². The zero-order valence-corrected chi connectivity index (χ0v) is 16.7. The van der Waals surface area contributed by atoms with Gasteiger partial charge in [-0.3, -0.25) is 4.79 Å². The van der Waals surface area contributed by atoms with Crippen LogP contribution in [0.4, 0.5) is 11.4 Å². The van der Waals surface area contributed by atoms with Gasteiger partial charge in [0.2, 0.25) is 0 Å². The standard InChI is InChI=1S/C22H29N3O2/c1-16-5-10-21(15-17(16)2)27-18(3)22(26)23-19-6-8-20(9-7-19)25-13-11-24(4)12-14-25/h5-10,15,18H,11-14H2,1-4H3,(H,23,26)/t18-/m0/s1. The van der Waals surface area contributed by atoms with Crippen molar-refractivity contribution in [3.8, 4) is 5.75 Å². The number of hydrogen-bond donors (Lipinski definition) is 1. The van der Waals surface area contributed by atoms with Crippen LogP contribution in [0.5, 0.6) is 5.75 Å². The van der Waals surface area contributed by atoms with Crippen LogP contribution in [0.2, 0.25) is 0 Å². The van der Waals surface area contributed by atoms with Crippen molar-refractivity contribution in [2.45, 2.75) is 26.9 Å². The van der Waals surface area contributed by atoms with E-state index in [9.17, 15) is 4.79 Å². The summed E-state index contributed by atoms with van der Waals surface area (Å²) in [6, 6.07) is 13.9. The molecule has 0 aromatic heterocycles. The second-order valence-electron chi connectivity index (χ2n) is 7.33. The molecule has 144 valence electrons. The Balaban J connectivity index is 1.56. The maximum absolute atomic E-state index is 12.4. The fraction of sp³-hybridized carbons (Fsp3) is 0.409. The number of amides is 1. The third-order valence-corrected chi connectivity index (χ3v) is 5.16. The SMILES string of the molecule is Cc1ccc(O[C@@H](C)C(=O)Nc2ccc(N3CCN(C)CC3)cc2)cc1C. The highest BCUT2D eigenvalue weighted by atomic mass is 16.5. The summed E-state index contributed by atoms with van der Waals surface area (Å²) >= 11 is 0. The van der Waals surface area contributed by atoms with Crippen molar-refractivity contribution < 1.29 is 9.53 Å². The van der Waals surface area contributed by atoms with E-state index in [1.807, 2.05) is 37.3 Å². The molecule has 0 unspecified atom stereocenters. The molecule has 1 N–H and O–H groups in total. The number of carbonyl (C=O) groups excluding carboxylic acids is 1. The average Bonchev–Trinajstić information content (AvgIpc) is 2.66. The Kier molecular flexibility index (Phi) is 6.01. The Morgan fingerprint density at radius 2 is 1.67 bits per heavy atom. The molecule has 1 saturated heterocycles. The van der Waals surface area contributed by atoms with E-state index < -0.39 is 6.10 Å². The highest BCUT2D eigenvalue weighted by Crippen LogP contribution is 2.21. The lowest BCUT2D eigenvalue weighted by molar-refractivity contribution is -0.122. The molecule has 5 nitrogen and oxygen atoms in total. The Morgan fingerprint density at radius 1 is 1.00 bits per heavy atom. The van der Waals surface area contributed by atoms with E-state index in [2.05, 4.69) is 41.2 Å². The first-order chi connectivity index (χ1) is 12.9. The molecule has 0 saturated carbocycles. The molecule has 1 atom stereocenters. The molecule has 1 amide bonds. The lowest BCUT2D eigenvalue weighted by Crippen LogP contribution is -2.44. The molecule has 27 heavy (non-hydrogen) atoms. The molecular weight excluding hydrogens is 338 g/mol. The van der Waals surface area contributed by atoms with Crippen molar-refractivity contribution in [2.24, 2.45) is 0 Å². The van der Waals surface area contributed by atoms with Gasteiger partial charge in [-0.2, -0.15) is 0 Å². The zero-order valence-electron chi connectivity index (χ0n) is 16.7. The number of nitrogens with zero attached hydrogens (tertiary/aromatic N) is 2. The maximum Gasteiger partial charge on any atom is 0.265 e. The van der Waals surface area contributed by atoms with Crippen LogP contribution >= 0.6 is 0 Å². The predicted molar refractivity (Wildman–Crippen MR) is 111 cm³/mol. The molecule has 0 aliphatic carbocycles. The van der Waals surface area contributed by atoms with Gasteiger partial charge in [-0.1, -0.05) is 6.07 Å². The number of likely N-dealkylation sites (N-methyl/N-ethyl adjacent to an activating group) is 1. The first-order valence-corrected chi connectivity index (χ1v) is 9.51. The second kappa shape index (κ2) is 8.44. The van der Waals surface area contributed by atoms with Gasteiger partial charge in [0.25, 0.3) is 5.91 Å². The van der Waals surface area contributed by atoms with Gasteiger partial charge in [0.1, 0.15) is 5.75 Å². The van der Waals surface area contributed by atoms with Crippen LogP contribution in [0.1, 0.15) is 18.1 Å². The third kappa shape index (κ3) is 5.01. The number of hydrogen-bond acceptors (Lipinski definition) is 4. The molecule has 2 aromatic carbocycles. The minimum absolute atomic E-state index is 0.152. The van der Waals surface area contributed by atoms with Crippen LogP contribution in [0.15, 0.2) is 42.5 Å². The number of nitrogens with one attached hydrogen (secondary N) is 1. The molecule has 1 aliphatic rings. The zero-order chi connectivity index (χ0) is 19.4. The van der Waals surface area contributed by atoms with E-state index in [-0.39, 0.29) is 5.91 Å². The van der Waals surface area contributed by atoms with E-state index in [4.69, 9.17) is 4.74 Å². The van der Waals surface area contributed by atoms with Gasteiger partial charge in [-0.15, -0.1) is 0 Å². The predicted octanol–water partition coefficient (Wildman–Crippen LogP) is 3.46. The first kappa shape index (κ1) is 19.2. The molecule has 1 aliphatic heterocycles. The summed E-state index contributed by atoms with van der Waals surface area (Å²) in [5.74, 6) is 0.562. The van der Waals surface area contributed by atoms with Crippen LogP contribution in [0.3, 0.4) is 0 Å². The molecule has 0 radical (unpaired) electrons. The van der Waals surface area contributed by atoms with Gasteiger partial charge < -0.3 is 19.9 Å². The van der Waals surface area contributed by atoms with Crippen molar-refractivity contribution in [1.82, 2.24) is 4.90 Å². The summed E-state index contributed by atoms with van der Waals surface area (Å²) in [6.45, 7) is 10.1. The van der Waals surface area contributed by atoms with E-state index in [1.54, 1.807) is 6.92 Å². The lowest BCUT2D eigenvalue weighted by Gasteiger charge is -2.34. The monoisotopic (exact) mass is 367 g/mol. The number of carbonyl (C=O) groups is 1. The minimum Gasteiger partial charge on any atom is -0.481 e. The Morgan fingerprint density at radius 3 is 2.30 bits per heavy atom. The van der Waals surface area contributed by atoms with Crippen molar-refractivity contribution in [2.75, 3.05) is 43.4 Å². The average molecular weight is 367 g/mol. The van der Waals surface area contributed by atoms with E-state index >= 15 is 0 Å². The molecule has 0 spiro atoms. The number of benzene rings is 2. The highest BCUT2D eigenvalue weighted by molar-refractivity contribution is 5.94. The van der Waals surface area contributed by atoms with Crippen LogP contribution in [-0.2, 0) is 4.79 Å². The maximum atomic E-state index is 12.4. The van der Waals surface area contributed by atoms with Crippen LogP contribution in [0, 0.1) is 13.8 Å². The molecule has 5 heteroatoms. The van der Waals surface area contributed by atoms with Crippen LogP contribution in [-0.4, -0.2) is 50.1 Å². The number of anilines is 2. The molecular formula is C22H29N3O2.